The van der Waals surface area contributed by atoms with Crippen LogP contribution in [0.5, 0.6) is 0 Å². The summed E-state index contributed by atoms with van der Waals surface area (Å²) in [5.74, 6) is 4.84. The van der Waals surface area contributed by atoms with E-state index >= 15 is 0 Å². The van der Waals surface area contributed by atoms with E-state index in [1.54, 1.807) is 0 Å². The molecule has 0 amide bonds. The van der Waals surface area contributed by atoms with Gasteiger partial charge in [0.05, 0.1) is 12.2 Å². The van der Waals surface area contributed by atoms with Crippen molar-refractivity contribution in [3.8, 4) is 0 Å². The SMILES string of the molecule is CC(C)CCC[C@@H](C)C1CCC2[C@]1(C)CCC1[C@@]3(C)CC[C@H](O)CC3C[C@H]3O[C@]123. The van der Waals surface area contributed by atoms with Crippen molar-refractivity contribution in [2.75, 3.05) is 0 Å². The number of aliphatic hydroxyl groups excluding tert-OH is 1. The molecule has 1 spiro atoms. The molecule has 0 radical (unpaired) electrons. The van der Waals surface area contributed by atoms with Crippen LogP contribution in [0.25, 0.3) is 0 Å². The lowest BCUT2D eigenvalue weighted by atomic mass is 9.44. The molecule has 5 aliphatic rings. The van der Waals surface area contributed by atoms with E-state index in [2.05, 4.69) is 34.6 Å². The van der Waals surface area contributed by atoms with Crippen molar-refractivity contribution >= 4 is 0 Å². The summed E-state index contributed by atoms with van der Waals surface area (Å²) in [5, 5.41) is 10.3. The molecule has 0 aromatic carbocycles. The summed E-state index contributed by atoms with van der Waals surface area (Å²) < 4.78 is 6.80. The van der Waals surface area contributed by atoms with Gasteiger partial charge in [0.2, 0.25) is 0 Å². The zero-order chi connectivity index (χ0) is 20.6. The predicted molar refractivity (Wildman–Crippen MR) is 119 cm³/mol. The summed E-state index contributed by atoms with van der Waals surface area (Å²) in [6, 6.07) is 0. The Morgan fingerprint density at radius 2 is 1.62 bits per heavy atom. The Labute approximate surface area is 179 Å². The standard InChI is InChI=1S/C27H46O2/c1-17(2)7-6-8-18(3)21-9-10-22-26(21,5)14-12-23-25(4)13-11-20(28)15-19(25)16-24-27(22,23)29-24/h17-24,28H,6-16H2,1-5H3/t18-,19?,20+,21?,22?,23?,24-,25+,26-,27+/m1/s1. The number of epoxide rings is 1. The first-order chi connectivity index (χ1) is 13.7. The minimum Gasteiger partial charge on any atom is -0.393 e. The van der Waals surface area contributed by atoms with Crippen molar-refractivity contribution in [3.05, 3.63) is 0 Å². The fraction of sp³-hybridized carbons (Fsp3) is 1.00. The highest BCUT2D eigenvalue weighted by molar-refractivity contribution is 5.26. The van der Waals surface area contributed by atoms with E-state index in [0.717, 1.165) is 42.4 Å². The van der Waals surface area contributed by atoms with Crippen molar-refractivity contribution in [2.45, 2.75) is 123 Å². The molecule has 0 bridgehead atoms. The second-order valence-electron chi connectivity index (χ2n) is 13.0. The molecule has 2 nitrogen and oxygen atoms in total. The van der Waals surface area contributed by atoms with Crippen LogP contribution < -0.4 is 0 Å². The summed E-state index contributed by atoms with van der Waals surface area (Å²) in [4.78, 5) is 0. The van der Waals surface area contributed by atoms with Gasteiger partial charge in [-0.3, -0.25) is 0 Å². The average molecular weight is 403 g/mol. The van der Waals surface area contributed by atoms with Gasteiger partial charge >= 0.3 is 0 Å². The minimum absolute atomic E-state index is 0.0595. The second kappa shape index (κ2) is 6.96. The quantitative estimate of drug-likeness (QED) is 0.525. The molecule has 1 aliphatic heterocycles. The van der Waals surface area contributed by atoms with E-state index in [4.69, 9.17) is 4.74 Å². The highest BCUT2D eigenvalue weighted by atomic mass is 16.6. The molecule has 1 saturated heterocycles. The Morgan fingerprint density at radius 3 is 2.38 bits per heavy atom. The van der Waals surface area contributed by atoms with Crippen molar-refractivity contribution in [3.63, 3.8) is 0 Å². The smallest absolute Gasteiger partial charge is 0.101 e. The summed E-state index contributed by atoms with van der Waals surface area (Å²) in [6.07, 6.45) is 14.8. The number of hydrogen-bond acceptors (Lipinski definition) is 2. The topological polar surface area (TPSA) is 32.8 Å². The van der Waals surface area contributed by atoms with Gasteiger partial charge in [-0.15, -0.1) is 0 Å². The lowest BCUT2D eigenvalue weighted by Crippen LogP contribution is -2.59. The molecule has 166 valence electrons. The molecule has 0 aromatic heterocycles. The molecule has 4 aliphatic carbocycles. The van der Waals surface area contributed by atoms with Gasteiger partial charge in [0.25, 0.3) is 0 Å². The fourth-order valence-corrected chi connectivity index (χ4v) is 9.65. The third kappa shape index (κ3) is 2.94. The summed E-state index contributed by atoms with van der Waals surface area (Å²) in [7, 11) is 0. The number of fused-ring (bicyclic) bond motifs is 3. The van der Waals surface area contributed by atoms with Gasteiger partial charge in [-0.1, -0.05) is 53.9 Å². The number of aliphatic hydroxyl groups is 1. The van der Waals surface area contributed by atoms with Crippen LogP contribution in [-0.4, -0.2) is 22.9 Å². The van der Waals surface area contributed by atoms with Crippen LogP contribution in [0.1, 0.15) is 105 Å². The molecule has 10 atom stereocenters. The average Bonchev–Trinajstić information content (AvgIpc) is 3.22. The zero-order valence-electron chi connectivity index (χ0n) is 19.8. The predicted octanol–water partition coefficient (Wildman–Crippen LogP) is 6.60. The van der Waals surface area contributed by atoms with Crippen LogP contribution in [0.15, 0.2) is 0 Å². The molecular weight excluding hydrogens is 356 g/mol. The van der Waals surface area contributed by atoms with E-state index < -0.39 is 0 Å². The van der Waals surface area contributed by atoms with Crippen LogP contribution in [0.3, 0.4) is 0 Å². The molecule has 2 heteroatoms. The highest BCUT2D eigenvalue weighted by Gasteiger charge is 2.78. The van der Waals surface area contributed by atoms with E-state index in [-0.39, 0.29) is 11.7 Å². The van der Waals surface area contributed by atoms with Crippen LogP contribution in [0.2, 0.25) is 0 Å². The first-order valence-electron chi connectivity index (χ1n) is 13.1. The Kier molecular flexibility index (Phi) is 4.99. The minimum atomic E-state index is -0.0595. The Morgan fingerprint density at radius 1 is 0.897 bits per heavy atom. The van der Waals surface area contributed by atoms with Gasteiger partial charge in [0.15, 0.2) is 0 Å². The van der Waals surface area contributed by atoms with Crippen molar-refractivity contribution < 1.29 is 9.84 Å². The molecule has 4 unspecified atom stereocenters. The van der Waals surface area contributed by atoms with Crippen LogP contribution in [-0.2, 0) is 4.74 Å². The van der Waals surface area contributed by atoms with Crippen molar-refractivity contribution in [2.24, 2.45) is 46.3 Å². The van der Waals surface area contributed by atoms with Gasteiger partial charge in [-0.25, -0.2) is 0 Å². The Hall–Kier alpha value is -0.0800. The van der Waals surface area contributed by atoms with Crippen LogP contribution in [0.4, 0.5) is 0 Å². The fourth-order valence-electron chi connectivity index (χ4n) is 9.65. The van der Waals surface area contributed by atoms with Crippen LogP contribution >= 0.6 is 0 Å². The van der Waals surface area contributed by atoms with Gasteiger partial charge < -0.3 is 9.84 Å². The van der Waals surface area contributed by atoms with Gasteiger partial charge in [-0.2, -0.15) is 0 Å². The largest absolute Gasteiger partial charge is 0.393 e. The molecule has 0 aromatic rings. The third-order valence-corrected chi connectivity index (χ3v) is 11.2. The molecule has 29 heavy (non-hydrogen) atoms. The van der Waals surface area contributed by atoms with E-state index in [1.165, 1.54) is 57.8 Å². The summed E-state index contributed by atoms with van der Waals surface area (Å²) in [5.41, 5.74) is 1.13. The molecule has 5 fully saturated rings. The maximum absolute atomic E-state index is 10.3. The van der Waals surface area contributed by atoms with E-state index in [0.29, 0.717) is 22.9 Å². The normalized spacial score (nSPS) is 54.3. The summed E-state index contributed by atoms with van der Waals surface area (Å²) in [6.45, 7) is 12.5. The van der Waals surface area contributed by atoms with Gasteiger partial charge in [-0.05, 0) is 97.7 Å². The number of rotatable bonds is 5. The first kappa shape index (κ1) is 20.8. The van der Waals surface area contributed by atoms with Gasteiger partial charge in [0.1, 0.15) is 5.60 Å². The third-order valence-electron chi connectivity index (χ3n) is 11.2. The number of ether oxygens (including phenoxy) is 1. The van der Waals surface area contributed by atoms with Crippen molar-refractivity contribution in [1.29, 1.82) is 0 Å². The molecule has 1 heterocycles. The first-order valence-corrected chi connectivity index (χ1v) is 13.1. The summed E-state index contributed by atoms with van der Waals surface area (Å²) >= 11 is 0. The highest BCUT2D eigenvalue weighted by Crippen LogP contribution is 2.76. The molecule has 4 saturated carbocycles. The van der Waals surface area contributed by atoms with Crippen LogP contribution in [0, 0.1) is 46.3 Å². The molecule has 5 rings (SSSR count). The van der Waals surface area contributed by atoms with Crippen molar-refractivity contribution in [1.82, 2.24) is 0 Å². The lowest BCUT2D eigenvalue weighted by molar-refractivity contribution is -0.118. The lowest BCUT2D eigenvalue weighted by Gasteiger charge is -2.59. The molecule has 1 N–H and O–H groups in total. The number of hydrogen-bond donors (Lipinski definition) is 1. The molecular formula is C27H46O2. The van der Waals surface area contributed by atoms with E-state index in [1.807, 2.05) is 0 Å². The zero-order valence-corrected chi connectivity index (χ0v) is 19.8. The monoisotopic (exact) mass is 402 g/mol. The second-order valence-corrected chi connectivity index (χ2v) is 13.0. The maximum atomic E-state index is 10.3. The van der Waals surface area contributed by atoms with E-state index in [9.17, 15) is 5.11 Å². The Balaban J connectivity index is 1.35. The maximum Gasteiger partial charge on any atom is 0.101 e. The van der Waals surface area contributed by atoms with Gasteiger partial charge in [0, 0.05) is 0 Å². The Bertz CT molecular complexity index is 630.